The second-order valence-electron chi connectivity index (χ2n) is 6.83. The number of carbonyl (C=O) groups excluding carboxylic acids is 1. The molecular formula is C18H28N4O4S. The molecule has 2 fully saturated rings. The summed E-state index contributed by atoms with van der Waals surface area (Å²) < 4.78 is 34.3. The van der Waals surface area contributed by atoms with E-state index in [2.05, 4.69) is 4.90 Å². The van der Waals surface area contributed by atoms with Gasteiger partial charge in [0.05, 0.1) is 12.2 Å². The molecule has 2 aliphatic heterocycles. The monoisotopic (exact) mass is 396 g/mol. The van der Waals surface area contributed by atoms with E-state index in [0.717, 1.165) is 13.1 Å². The average Bonchev–Trinajstić information content (AvgIpc) is 2.68. The first-order chi connectivity index (χ1) is 12.9. The van der Waals surface area contributed by atoms with Crippen molar-refractivity contribution in [2.24, 2.45) is 0 Å². The summed E-state index contributed by atoms with van der Waals surface area (Å²) in [6.07, 6.45) is 0. The Kier molecular flexibility index (Phi) is 6.36. The molecule has 0 unspecified atom stereocenters. The van der Waals surface area contributed by atoms with Gasteiger partial charge in [-0.15, -0.1) is 0 Å². The fraction of sp³-hybridized carbons (Fsp3) is 0.611. The molecule has 0 N–H and O–H groups in total. The summed E-state index contributed by atoms with van der Waals surface area (Å²) >= 11 is 0. The summed E-state index contributed by atoms with van der Waals surface area (Å²) in [5.41, 5.74) is 0.523. The molecule has 9 heteroatoms. The van der Waals surface area contributed by atoms with Crippen LogP contribution < -0.4 is 4.74 Å². The molecule has 150 valence electrons. The highest BCUT2D eigenvalue weighted by Gasteiger charge is 2.35. The van der Waals surface area contributed by atoms with Gasteiger partial charge in [0.2, 0.25) is 0 Å². The molecule has 0 atom stereocenters. The smallest absolute Gasteiger partial charge is 0.282 e. The molecule has 2 heterocycles. The number of carbonyl (C=O) groups is 1. The molecule has 0 radical (unpaired) electrons. The zero-order valence-corrected chi connectivity index (χ0v) is 16.8. The number of likely N-dealkylation sites (N-methyl/N-ethyl adjacent to an activating group) is 1. The van der Waals surface area contributed by atoms with Gasteiger partial charge in [-0.05, 0) is 26.1 Å². The van der Waals surface area contributed by atoms with E-state index in [9.17, 15) is 13.2 Å². The number of ether oxygens (including phenoxy) is 1. The molecular weight excluding hydrogens is 368 g/mol. The van der Waals surface area contributed by atoms with Crippen LogP contribution in [0.25, 0.3) is 0 Å². The predicted octanol–water partition coefficient (Wildman–Crippen LogP) is 0.335. The molecule has 27 heavy (non-hydrogen) atoms. The van der Waals surface area contributed by atoms with E-state index in [4.69, 9.17) is 4.74 Å². The first-order valence-corrected chi connectivity index (χ1v) is 10.8. The second kappa shape index (κ2) is 8.55. The minimum Gasteiger partial charge on any atom is -0.493 e. The van der Waals surface area contributed by atoms with Gasteiger partial charge in [0.15, 0.2) is 0 Å². The third kappa shape index (κ3) is 4.43. The van der Waals surface area contributed by atoms with Gasteiger partial charge < -0.3 is 14.5 Å². The lowest BCUT2D eigenvalue weighted by Crippen LogP contribution is -2.57. The minimum atomic E-state index is -3.46. The SMILES string of the molecule is CCOc1ccccc1C(=O)N1CCN(S(=O)(=O)N2CCN(C)CC2)CC1. The number of para-hydroxylation sites is 1. The molecule has 1 amide bonds. The van der Waals surface area contributed by atoms with Gasteiger partial charge in [-0.25, -0.2) is 0 Å². The van der Waals surface area contributed by atoms with Gasteiger partial charge in [-0.3, -0.25) is 4.79 Å². The molecule has 2 saturated heterocycles. The van der Waals surface area contributed by atoms with E-state index < -0.39 is 10.2 Å². The van der Waals surface area contributed by atoms with Crippen LogP contribution in [0.5, 0.6) is 5.75 Å². The van der Waals surface area contributed by atoms with Gasteiger partial charge in [-0.2, -0.15) is 17.0 Å². The largest absolute Gasteiger partial charge is 0.493 e. The second-order valence-corrected chi connectivity index (χ2v) is 8.76. The van der Waals surface area contributed by atoms with Crippen molar-refractivity contribution in [2.45, 2.75) is 6.92 Å². The zero-order chi connectivity index (χ0) is 19.4. The summed E-state index contributed by atoms with van der Waals surface area (Å²) in [5, 5.41) is 0. The van der Waals surface area contributed by atoms with E-state index in [0.29, 0.717) is 57.2 Å². The Labute approximate surface area is 161 Å². The number of hydrogen-bond donors (Lipinski definition) is 0. The van der Waals surface area contributed by atoms with Crippen molar-refractivity contribution < 1.29 is 17.9 Å². The van der Waals surface area contributed by atoms with Crippen molar-refractivity contribution in [3.8, 4) is 5.75 Å². The normalized spacial score (nSPS) is 20.6. The summed E-state index contributed by atoms with van der Waals surface area (Å²) in [4.78, 5) is 16.7. The number of hydrogen-bond acceptors (Lipinski definition) is 5. The quantitative estimate of drug-likeness (QED) is 0.717. The summed E-state index contributed by atoms with van der Waals surface area (Å²) in [6, 6.07) is 7.18. The average molecular weight is 397 g/mol. The molecule has 0 saturated carbocycles. The standard InChI is InChI=1S/C18H28N4O4S/c1-3-26-17-7-5-4-6-16(17)18(23)20-10-14-22(15-11-20)27(24,25)21-12-8-19(2)9-13-21/h4-7H,3,8-15H2,1-2H3. The van der Waals surface area contributed by atoms with Crippen molar-refractivity contribution in [1.82, 2.24) is 18.4 Å². The first-order valence-electron chi connectivity index (χ1n) is 9.38. The van der Waals surface area contributed by atoms with E-state index >= 15 is 0 Å². The summed E-state index contributed by atoms with van der Waals surface area (Å²) in [5.74, 6) is 0.452. The van der Waals surface area contributed by atoms with Crippen LogP contribution in [0.4, 0.5) is 0 Å². The Morgan fingerprint density at radius 3 is 2.11 bits per heavy atom. The van der Waals surface area contributed by atoms with E-state index in [1.807, 2.05) is 26.1 Å². The number of rotatable bonds is 5. The van der Waals surface area contributed by atoms with Crippen LogP contribution in [0, 0.1) is 0 Å². The van der Waals surface area contributed by atoms with E-state index in [1.54, 1.807) is 21.3 Å². The summed E-state index contributed by atoms with van der Waals surface area (Å²) in [6.45, 7) is 6.27. The number of nitrogens with zero attached hydrogens (tertiary/aromatic N) is 4. The molecule has 0 aromatic heterocycles. The van der Waals surface area contributed by atoms with Crippen molar-refractivity contribution in [3.05, 3.63) is 29.8 Å². The van der Waals surface area contributed by atoms with E-state index in [-0.39, 0.29) is 5.91 Å². The molecule has 0 spiro atoms. The molecule has 1 aromatic rings. The molecule has 0 aliphatic carbocycles. The van der Waals surface area contributed by atoms with Gasteiger partial charge >= 0.3 is 0 Å². The van der Waals surface area contributed by atoms with Gasteiger partial charge in [-0.1, -0.05) is 12.1 Å². The van der Waals surface area contributed by atoms with Crippen LogP contribution in [-0.4, -0.2) is 98.7 Å². The maximum absolute atomic E-state index is 12.9. The van der Waals surface area contributed by atoms with Crippen LogP contribution in [-0.2, 0) is 10.2 Å². The Morgan fingerprint density at radius 1 is 0.963 bits per heavy atom. The maximum atomic E-state index is 12.9. The van der Waals surface area contributed by atoms with Crippen LogP contribution in [0.15, 0.2) is 24.3 Å². The van der Waals surface area contributed by atoms with Crippen molar-refractivity contribution >= 4 is 16.1 Å². The number of amides is 1. The van der Waals surface area contributed by atoms with E-state index in [1.165, 1.54) is 4.31 Å². The van der Waals surface area contributed by atoms with Crippen LogP contribution >= 0.6 is 0 Å². The number of benzene rings is 1. The van der Waals surface area contributed by atoms with Crippen molar-refractivity contribution in [2.75, 3.05) is 66.0 Å². The van der Waals surface area contributed by atoms with Crippen LogP contribution in [0.3, 0.4) is 0 Å². The lowest BCUT2D eigenvalue weighted by atomic mass is 10.1. The highest BCUT2D eigenvalue weighted by atomic mass is 32.2. The Morgan fingerprint density at radius 2 is 1.52 bits per heavy atom. The minimum absolute atomic E-state index is 0.115. The fourth-order valence-corrected chi connectivity index (χ4v) is 4.98. The third-order valence-electron chi connectivity index (χ3n) is 5.06. The lowest BCUT2D eigenvalue weighted by molar-refractivity contribution is 0.0688. The van der Waals surface area contributed by atoms with Crippen LogP contribution in [0.1, 0.15) is 17.3 Å². The molecule has 2 aliphatic rings. The zero-order valence-electron chi connectivity index (χ0n) is 16.0. The van der Waals surface area contributed by atoms with Gasteiger partial charge in [0.1, 0.15) is 5.75 Å². The molecule has 1 aromatic carbocycles. The topological polar surface area (TPSA) is 73.4 Å². The van der Waals surface area contributed by atoms with Crippen LogP contribution in [0.2, 0.25) is 0 Å². The molecule has 8 nitrogen and oxygen atoms in total. The highest BCUT2D eigenvalue weighted by Crippen LogP contribution is 2.21. The Bertz CT molecular complexity index is 754. The Hall–Kier alpha value is -1.68. The maximum Gasteiger partial charge on any atom is 0.282 e. The highest BCUT2D eigenvalue weighted by molar-refractivity contribution is 7.86. The van der Waals surface area contributed by atoms with Crippen molar-refractivity contribution in [3.63, 3.8) is 0 Å². The fourth-order valence-electron chi connectivity index (χ4n) is 3.40. The first kappa shape index (κ1) is 20.1. The number of piperazine rings is 2. The Balaban J connectivity index is 1.62. The molecule has 3 rings (SSSR count). The lowest BCUT2D eigenvalue weighted by Gasteiger charge is -2.39. The van der Waals surface area contributed by atoms with Gasteiger partial charge in [0, 0.05) is 52.4 Å². The molecule has 0 bridgehead atoms. The summed E-state index contributed by atoms with van der Waals surface area (Å²) in [7, 11) is -1.47. The van der Waals surface area contributed by atoms with Crippen molar-refractivity contribution in [1.29, 1.82) is 0 Å². The predicted molar refractivity (Wildman–Crippen MR) is 103 cm³/mol. The van der Waals surface area contributed by atoms with Gasteiger partial charge in [0.25, 0.3) is 16.1 Å². The third-order valence-corrected chi connectivity index (χ3v) is 7.09.